The SMILES string of the molecule is CCCc1nc(C(N)C2CCCC(C)C2)no1. The predicted octanol–water partition coefficient (Wildman–Crippen LogP) is 2.85. The summed E-state index contributed by atoms with van der Waals surface area (Å²) >= 11 is 0. The van der Waals surface area contributed by atoms with E-state index in [4.69, 9.17) is 10.3 Å². The zero-order valence-corrected chi connectivity index (χ0v) is 10.9. The van der Waals surface area contributed by atoms with E-state index < -0.39 is 0 Å². The van der Waals surface area contributed by atoms with Gasteiger partial charge in [0.15, 0.2) is 5.82 Å². The minimum Gasteiger partial charge on any atom is -0.339 e. The molecular formula is C13H23N3O. The van der Waals surface area contributed by atoms with Gasteiger partial charge >= 0.3 is 0 Å². The Kier molecular flexibility index (Phi) is 4.15. The Balaban J connectivity index is 1.99. The molecule has 0 saturated heterocycles. The van der Waals surface area contributed by atoms with Crippen molar-refractivity contribution in [2.75, 3.05) is 0 Å². The van der Waals surface area contributed by atoms with Crippen LogP contribution in [-0.4, -0.2) is 10.1 Å². The number of hydrogen-bond donors (Lipinski definition) is 1. The second-order valence-corrected chi connectivity index (χ2v) is 5.35. The van der Waals surface area contributed by atoms with E-state index in [0.29, 0.717) is 11.7 Å². The van der Waals surface area contributed by atoms with E-state index in [2.05, 4.69) is 24.0 Å². The van der Waals surface area contributed by atoms with Crippen LogP contribution in [0.2, 0.25) is 0 Å². The van der Waals surface area contributed by atoms with Crippen molar-refractivity contribution in [3.63, 3.8) is 0 Å². The first kappa shape index (κ1) is 12.6. The summed E-state index contributed by atoms with van der Waals surface area (Å²) in [6, 6.07) is -0.0490. The highest BCUT2D eigenvalue weighted by atomic mass is 16.5. The van der Waals surface area contributed by atoms with Crippen molar-refractivity contribution in [3.8, 4) is 0 Å². The highest BCUT2D eigenvalue weighted by molar-refractivity contribution is 4.97. The molecular weight excluding hydrogens is 214 g/mol. The molecule has 1 saturated carbocycles. The van der Waals surface area contributed by atoms with E-state index in [-0.39, 0.29) is 6.04 Å². The van der Waals surface area contributed by atoms with Gasteiger partial charge in [0.1, 0.15) is 0 Å². The van der Waals surface area contributed by atoms with Gasteiger partial charge in [0.2, 0.25) is 5.89 Å². The molecule has 1 heterocycles. The molecule has 3 atom stereocenters. The Hall–Kier alpha value is -0.900. The molecule has 4 nitrogen and oxygen atoms in total. The fourth-order valence-electron chi connectivity index (χ4n) is 2.74. The normalized spacial score (nSPS) is 27.0. The van der Waals surface area contributed by atoms with Crippen LogP contribution in [0.15, 0.2) is 4.52 Å². The number of hydrogen-bond acceptors (Lipinski definition) is 4. The first-order chi connectivity index (χ1) is 8.20. The van der Waals surface area contributed by atoms with Crippen molar-refractivity contribution in [2.24, 2.45) is 17.6 Å². The van der Waals surface area contributed by atoms with Gasteiger partial charge in [0.25, 0.3) is 0 Å². The molecule has 2 N–H and O–H groups in total. The predicted molar refractivity (Wildman–Crippen MR) is 66.3 cm³/mol. The van der Waals surface area contributed by atoms with Crippen LogP contribution < -0.4 is 5.73 Å². The molecule has 0 bridgehead atoms. The van der Waals surface area contributed by atoms with Gasteiger partial charge in [-0.15, -0.1) is 0 Å². The van der Waals surface area contributed by atoms with Gasteiger partial charge in [-0.05, 0) is 31.1 Å². The first-order valence-corrected chi connectivity index (χ1v) is 6.78. The van der Waals surface area contributed by atoms with E-state index >= 15 is 0 Å². The monoisotopic (exact) mass is 237 g/mol. The standard InChI is InChI=1S/C13H23N3O/c1-3-5-11-15-13(16-17-11)12(14)10-7-4-6-9(2)8-10/h9-10,12H,3-8,14H2,1-2H3. The molecule has 1 fully saturated rings. The van der Waals surface area contributed by atoms with Crippen molar-refractivity contribution in [3.05, 3.63) is 11.7 Å². The van der Waals surface area contributed by atoms with Crippen molar-refractivity contribution >= 4 is 0 Å². The molecule has 3 unspecified atom stereocenters. The zero-order valence-electron chi connectivity index (χ0n) is 10.9. The lowest BCUT2D eigenvalue weighted by molar-refractivity contribution is 0.239. The van der Waals surface area contributed by atoms with Gasteiger partial charge in [-0.3, -0.25) is 0 Å². The van der Waals surface area contributed by atoms with Crippen LogP contribution in [-0.2, 0) is 6.42 Å². The average Bonchev–Trinajstić information content (AvgIpc) is 2.77. The Morgan fingerprint density at radius 3 is 3.00 bits per heavy atom. The molecule has 0 spiro atoms. The molecule has 0 aromatic carbocycles. The van der Waals surface area contributed by atoms with E-state index in [0.717, 1.165) is 24.7 Å². The van der Waals surface area contributed by atoms with Crippen LogP contribution in [0.4, 0.5) is 0 Å². The number of aryl methyl sites for hydroxylation is 1. The van der Waals surface area contributed by atoms with Crippen molar-refractivity contribution < 1.29 is 4.52 Å². The third kappa shape index (κ3) is 3.06. The molecule has 1 aromatic heterocycles. The second kappa shape index (κ2) is 5.63. The summed E-state index contributed by atoms with van der Waals surface area (Å²) in [5.74, 6) is 2.72. The summed E-state index contributed by atoms with van der Waals surface area (Å²) in [5, 5.41) is 4.02. The van der Waals surface area contributed by atoms with Crippen LogP contribution >= 0.6 is 0 Å². The van der Waals surface area contributed by atoms with Crippen molar-refractivity contribution in [2.45, 2.75) is 58.4 Å². The Morgan fingerprint density at radius 2 is 2.29 bits per heavy atom. The summed E-state index contributed by atoms with van der Waals surface area (Å²) < 4.78 is 5.20. The van der Waals surface area contributed by atoms with Gasteiger partial charge in [-0.1, -0.05) is 31.8 Å². The van der Waals surface area contributed by atoms with Crippen LogP contribution in [0.1, 0.15) is 63.7 Å². The van der Waals surface area contributed by atoms with Gasteiger partial charge in [0, 0.05) is 6.42 Å². The molecule has 0 radical (unpaired) electrons. The molecule has 0 amide bonds. The maximum absolute atomic E-state index is 6.26. The third-order valence-electron chi connectivity index (χ3n) is 3.73. The molecule has 2 rings (SSSR count). The van der Waals surface area contributed by atoms with Crippen molar-refractivity contribution in [1.29, 1.82) is 0 Å². The zero-order chi connectivity index (χ0) is 12.3. The molecule has 1 aromatic rings. The fraction of sp³-hybridized carbons (Fsp3) is 0.846. The number of nitrogens with zero attached hydrogens (tertiary/aromatic N) is 2. The van der Waals surface area contributed by atoms with Crippen molar-refractivity contribution in [1.82, 2.24) is 10.1 Å². The summed E-state index contributed by atoms with van der Waals surface area (Å²) in [4.78, 5) is 4.40. The maximum atomic E-state index is 6.26. The van der Waals surface area contributed by atoms with E-state index in [1.54, 1.807) is 0 Å². The molecule has 96 valence electrons. The van der Waals surface area contributed by atoms with Crippen LogP contribution in [0.3, 0.4) is 0 Å². The maximum Gasteiger partial charge on any atom is 0.226 e. The molecule has 1 aliphatic carbocycles. The topological polar surface area (TPSA) is 64.9 Å². The van der Waals surface area contributed by atoms with Crippen LogP contribution in [0, 0.1) is 11.8 Å². The number of aromatic nitrogens is 2. The lowest BCUT2D eigenvalue weighted by Gasteiger charge is -2.29. The highest BCUT2D eigenvalue weighted by Gasteiger charge is 2.28. The molecule has 1 aliphatic rings. The number of nitrogens with two attached hydrogens (primary N) is 1. The quantitative estimate of drug-likeness (QED) is 0.874. The van der Waals surface area contributed by atoms with E-state index in [9.17, 15) is 0 Å². The van der Waals surface area contributed by atoms with E-state index in [1.165, 1.54) is 25.7 Å². The van der Waals surface area contributed by atoms with Gasteiger partial charge in [0.05, 0.1) is 6.04 Å². The van der Waals surface area contributed by atoms with Gasteiger partial charge in [-0.2, -0.15) is 4.98 Å². The van der Waals surface area contributed by atoms with E-state index in [1.807, 2.05) is 0 Å². The van der Waals surface area contributed by atoms with Crippen LogP contribution in [0.5, 0.6) is 0 Å². The molecule has 17 heavy (non-hydrogen) atoms. The van der Waals surface area contributed by atoms with Crippen LogP contribution in [0.25, 0.3) is 0 Å². The first-order valence-electron chi connectivity index (χ1n) is 6.78. The Labute approximate surface area is 103 Å². The summed E-state index contributed by atoms with van der Waals surface area (Å²) in [6.45, 7) is 4.41. The molecule has 4 heteroatoms. The third-order valence-corrected chi connectivity index (χ3v) is 3.73. The summed E-state index contributed by atoms with van der Waals surface area (Å²) in [5.41, 5.74) is 6.26. The largest absolute Gasteiger partial charge is 0.339 e. The average molecular weight is 237 g/mol. The fourth-order valence-corrected chi connectivity index (χ4v) is 2.74. The summed E-state index contributed by atoms with van der Waals surface area (Å²) in [6.07, 6.45) is 6.87. The van der Waals surface area contributed by atoms with Gasteiger partial charge in [-0.25, -0.2) is 0 Å². The lowest BCUT2D eigenvalue weighted by atomic mass is 9.78. The lowest BCUT2D eigenvalue weighted by Crippen LogP contribution is -2.27. The minimum atomic E-state index is -0.0490. The highest BCUT2D eigenvalue weighted by Crippen LogP contribution is 2.34. The second-order valence-electron chi connectivity index (χ2n) is 5.35. The smallest absolute Gasteiger partial charge is 0.226 e. The molecule has 0 aliphatic heterocycles. The number of rotatable bonds is 4. The Morgan fingerprint density at radius 1 is 1.47 bits per heavy atom. The minimum absolute atomic E-state index is 0.0490. The van der Waals surface area contributed by atoms with Gasteiger partial charge < -0.3 is 10.3 Å². The summed E-state index contributed by atoms with van der Waals surface area (Å²) in [7, 11) is 0. The Bertz CT molecular complexity index is 350.